The first-order chi connectivity index (χ1) is 14.5. The van der Waals surface area contributed by atoms with E-state index in [1.807, 2.05) is 24.0 Å². The van der Waals surface area contributed by atoms with Crippen LogP contribution in [0, 0.1) is 5.82 Å². The predicted octanol–water partition coefficient (Wildman–Crippen LogP) is 3.15. The number of aromatic nitrogens is 1. The number of anilines is 1. The summed E-state index contributed by atoms with van der Waals surface area (Å²) in [4.78, 5) is 6.54. The predicted molar refractivity (Wildman–Crippen MR) is 116 cm³/mol. The van der Waals surface area contributed by atoms with Crippen molar-refractivity contribution < 1.29 is 14.0 Å². The van der Waals surface area contributed by atoms with Crippen molar-refractivity contribution >= 4 is 11.6 Å². The average molecular weight is 418 g/mol. The Kier molecular flexibility index (Phi) is 7.68. The summed E-state index contributed by atoms with van der Waals surface area (Å²) in [5.41, 5.74) is 2.31. The largest absolute Gasteiger partial charge is 0.393 e. The second-order valence-corrected chi connectivity index (χ2v) is 7.93. The van der Waals surface area contributed by atoms with E-state index in [9.17, 15) is 9.50 Å². The second kappa shape index (κ2) is 10.4. The molecule has 2 aromatic rings. The molecule has 0 radical (unpaired) electrons. The molecule has 1 saturated heterocycles. The minimum atomic E-state index is -0.274. The quantitative estimate of drug-likeness (QED) is 0.474. The van der Waals surface area contributed by atoms with E-state index >= 15 is 0 Å². The molecule has 1 aliphatic heterocycles. The third-order valence-corrected chi connectivity index (χ3v) is 5.18. The van der Waals surface area contributed by atoms with Crippen LogP contribution in [0.1, 0.15) is 56.5 Å². The van der Waals surface area contributed by atoms with Gasteiger partial charge in [0.25, 0.3) is 0 Å². The lowest BCUT2D eigenvalue weighted by molar-refractivity contribution is 0.145. The molecule has 7 nitrogen and oxygen atoms in total. The number of nitrogens with zero attached hydrogens (tertiary/aromatic N) is 3. The van der Waals surface area contributed by atoms with Crippen molar-refractivity contribution in [2.24, 2.45) is 4.99 Å². The summed E-state index contributed by atoms with van der Waals surface area (Å²) < 4.78 is 20.0. The summed E-state index contributed by atoms with van der Waals surface area (Å²) in [6.45, 7) is 9.02. The van der Waals surface area contributed by atoms with Gasteiger partial charge in [-0.25, -0.2) is 9.38 Å². The minimum absolute atomic E-state index is 0.250. The van der Waals surface area contributed by atoms with Crippen LogP contribution in [-0.4, -0.2) is 42.0 Å². The lowest BCUT2D eigenvalue weighted by atomic mass is 10.1. The van der Waals surface area contributed by atoms with Gasteiger partial charge in [-0.3, -0.25) is 0 Å². The van der Waals surface area contributed by atoms with Gasteiger partial charge in [0, 0.05) is 25.7 Å². The van der Waals surface area contributed by atoms with Gasteiger partial charge in [-0.15, -0.1) is 0 Å². The summed E-state index contributed by atoms with van der Waals surface area (Å²) in [5.74, 6) is 1.44. The fourth-order valence-corrected chi connectivity index (χ4v) is 3.38. The maximum absolute atomic E-state index is 14.6. The summed E-state index contributed by atoms with van der Waals surface area (Å²) in [6.07, 6.45) is 1.07. The molecule has 0 aliphatic carbocycles. The van der Waals surface area contributed by atoms with Crippen LogP contribution in [0.15, 0.2) is 33.8 Å². The molecule has 0 atom stereocenters. The van der Waals surface area contributed by atoms with Gasteiger partial charge in [-0.2, -0.15) is 0 Å². The third-order valence-electron chi connectivity index (χ3n) is 5.18. The number of guanidine groups is 1. The van der Waals surface area contributed by atoms with E-state index in [4.69, 9.17) is 4.52 Å². The lowest BCUT2D eigenvalue weighted by Gasteiger charge is -2.31. The van der Waals surface area contributed by atoms with Crippen LogP contribution in [0.3, 0.4) is 0 Å². The van der Waals surface area contributed by atoms with Gasteiger partial charge in [0.05, 0.1) is 30.6 Å². The van der Waals surface area contributed by atoms with E-state index in [0.29, 0.717) is 63.1 Å². The van der Waals surface area contributed by atoms with Crippen molar-refractivity contribution in [1.82, 2.24) is 15.8 Å². The van der Waals surface area contributed by atoms with Crippen LogP contribution in [0.5, 0.6) is 0 Å². The van der Waals surface area contributed by atoms with Gasteiger partial charge >= 0.3 is 0 Å². The molecule has 164 valence electrons. The maximum atomic E-state index is 14.6. The molecule has 30 heavy (non-hydrogen) atoms. The lowest BCUT2D eigenvalue weighted by Crippen LogP contribution is -2.36. The zero-order valence-electron chi connectivity index (χ0n) is 18.0. The Hall–Kier alpha value is -2.61. The number of aliphatic hydroxyl groups excluding tert-OH is 1. The third kappa shape index (κ3) is 5.95. The van der Waals surface area contributed by atoms with Gasteiger partial charge in [-0.1, -0.05) is 25.1 Å². The second-order valence-electron chi connectivity index (χ2n) is 7.93. The Labute approximate surface area is 177 Å². The zero-order chi connectivity index (χ0) is 21.5. The number of aliphatic hydroxyl groups is 1. The molecule has 1 aromatic heterocycles. The fourth-order valence-electron chi connectivity index (χ4n) is 3.38. The van der Waals surface area contributed by atoms with Crippen LogP contribution in [-0.2, 0) is 13.1 Å². The van der Waals surface area contributed by atoms with E-state index in [0.717, 1.165) is 17.0 Å². The zero-order valence-corrected chi connectivity index (χ0v) is 18.0. The first kappa shape index (κ1) is 22.1. The van der Waals surface area contributed by atoms with Gasteiger partial charge < -0.3 is 25.2 Å². The van der Waals surface area contributed by atoms with Crippen LogP contribution in [0.4, 0.5) is 10.1 Å². The molecular weight excluding hydrogens is 385 g/mol. The van der Waals surface area contributed by atoms with Crippen molar-refractivity contribution in [2.75, 3.05) is 24.5 Å². The van der Waals surface area contributed by atoms with Crippen molar-refractivity contribution in [3.05, 3.63) is 47.1 Å². The molecular formula is C22H32FN5O2. The fraction of sp³-hybridized carbons (Fsp3) is 0.545. The summed E-state index contributed by atoms with van der Waals surface area (Å²) >= 11 is 0. The molecule has 0 amide bonds. The molecule has 0 spiro atoms. The molecule has 3 rings (SSSR count). The van der Waals surface area contributed by atoms with E-state index in [2.05, 4.69) is 34.6 Å². The van der Waals surface area contributed by atoms with Crippen molar-refractivity contribution in [1.29, 1.82) is 0 Å². The molecule has 2 heterocycles. The maximum Gasteiger partial charge on any atom is 0.191 e. The SMILES string of the molecule is CCNC(=NCc1ccc(N2CCC(O)CC2)c(F)c1)NCc1cc(C(C)C)no1. The number of aliphatic imine (C=N–C) groups is 1. The topological polar surface area (TPSA) is 85.9 Å². The standard InChI is InChI=1S/C22H32FN5O2/c1-4-24-22(26-14-18-12-20(15(2)3)27-30-18)25-13-16-5-6-21(19(23)11-16)28-9-7-17(29)8-10-28/h5-6,11-12,15,17,29H,4,7-10,13-14H2,1-3H3,(H2,24,25,26). The van der Waals surface area contributed by atoms with Gasteiger partial charge in [-0.05, 0) is 43.4 Å². The van der Waals surface area contributed by atoms with Crippen LogP contribution >= 0.6 is 0 Å². The molecule has 1 fully saturated rings. The highest BCUT2D eigenvalue weighted by Crippen LogP contribution is 2.24. The van der Waals surface area contributed by atoms with Crippen LogP contribution in [0.2, 0.25) is 0 Å². The molecule has 1 aliphatic rings. The summed E-state index contributed by atoms with van der Waals surface area (Å²) in [5, 5.41) is 20.1. The number of hydrogen-bond donors (Lipinski definition) is 3. The van der Waals surface area contributed by atoms with E-state index in [1.165, 1.54) is 0 Å². The molecule has 0 unspecified atom stereocenters. The van der Waals surface area contributed by atoms with Gasteiger partial charge in [0.15, 0.2) is 11.7 Å². The van der Waals surface area contributed by atoms with E-state index < -0.39 is 0 Å². The minimum Gasteiger partial charge on any atom is -0.393 e. The molecule has 3 N–H and O–H groups in total. The van der Waals surface area contributed by atoms with Crippen molar-refractivity contribution in [3.8, 4) is 0 Å². The van der Waals surface area contributed by atoms with E-state index in [1.54, 1.807) is 12.1 Å². The van der Waals surface area contributed by atoms with Crippen molar-refractivity contribution in [2.45, 2.75) is 58.7 Å². The van der Waals surface area contributed by atoms with E-state index in [-0.39, 0.29) is 11.9 Å². The smallest absolute Gasteiger partial charge is 0.191 e. The number of piperidine rings is 1. The number of benzene rings is 1. The molecule has 8 heteroatoms. The van der Waals surface area contributed by atoms with Gasteiger partial charge in [0.2, 0.25) is 0 Å². The highest BCUT2D eigenvalue weighted by atomic mass is 19.1. The Morgan fingerprint density at radius 3 is 2.70 bits per heavy atom. The highest BCUT2D eigenvalue weighted by molar-refractivity contribution is 5.79. The van der Waals surface area contributed by atoms with Crippen molar-refractivity contribution in [3.63, 3.8) is 0 Å². The average Bonchev–Trinajstić information content (AvgIpc) is 3.20. The molecule has 0 saturated carbocycles. The first-order valence-corrected chi connectivity index (χ1v) is 10.6. The Morgan fingerprint density at radius 2 is 2.07 bits per heavy atom. The summed E-state index contributed by atoms with van der Waals surface area (Å²) in [7, 11) is 0. The number of halogens is 1. The van der Waals surface area contributed by atoms with Crippen LogP contribution in [0.25, 0.3) is 0 Å². The Bertz CT molecular complexity index is 844. The number of nitrogens with one attached hydrogen (secondary N) is 2. The Balaban J connectivity index is 1.60. The highest BCUT2D eigenvalue weighted by Gasteiger charge is 2.19. The van der Waals surface area contributed by atoms with Gasteiger partial charge in [0.1, 0.15) is 5.82 Å². The molecule has 0 bridgehead atoms. The number of rotatable bonds is 7. The monoisotopic (exact) mass is 417 g/mol. The summed E-state index contributed by atoms with van der Waals surface area (Å²) in [6, 6.07) is 7.19. The van der Waals surface area contributed by atoms with Crippen LogP contribution < -0.4 is 15.5 Å². The normalized spacial score (nSPS) is 15.7. The Morgan fingerprint density at radius 1 is 1.30 bits per heavy atom. The number of hydrogen-bond acceptors (Lipinski definition) is 5. The first-order valence-electron chi connectivity index (χ1n) is 10.6. The molecule has 1 aromatic carbocycles.